The largest absolute Gasteiger partial charge is 0.451 e. The highest BCUT2D eigenvalue weighted by Crippen LogP contribution is 2.29. The lowest BCUT2D eigenvalue weighted by atomic mass is 10.1. The summed E-state index contributed by atoms with van der Waals surface area (Å²) in [5.74, 6) is -0.388. The molecule has 0 unspecified atom stereocenters. The lowest BCUT2D eigenvalue weighted by molar-refractivity contribution is 0.0715. The van der Waals surface area contributed by atoms with Gasteiger partial charge in [0.1, 0.15) is 11.4 Å². The van der Waals surface area contributed by atoms with Crippen LogP contribution in [0.5, 0.6) is 0 Å². The molecule has 1 aliphatic heterocycles. The smallest absolute Gasteiger partial charge is 0.290 e. The summed E-state index contributed by atoms with van der Waals surface area (Å²) in [7, 11) is 0. The Morgan fingerprint density at radius 2 is 1.79 bits per heavy atom. The van der Waals surface area contributed by atoms with Crippen molar-refractivity contribution in [3.63, 3.8) is 0 Å². The lowest BCUT2D eigenvalue weighted by Gasteiger charge is -2.36. The topological polar surface area (TPSA) is 53.8 Å². The number of rotatable bonds is 3. The number of halogens is 2. The normalized spacial score (nSPS) is 14.5. The van der Waals surface area contributed by atoms with Crippen LogP contribution in [-0.2, 0) is 0 Å². The highest BCUT2D eigenvalue weighted by molar-refractivity contribution is 9.10. The number of furan rings is 1. The number of carbonyl (C=O) groups excluding carboxylic acids is 2. The zero-order valence-corrected chi connectivity index (χ0v) is 17.8. The third-order valence-corrected chi connectivity index (χ3v) is 5.85. The van der Waals surface area contributed by atoms with Crippen LogP contribution in [0.4, 0.5) is 10.1 Å². The van der Waals surface area contributed by atoms with Gasteiger partial charge < -0.3 is 14.2 Å². The van der Waals surface area contributed by atoms with Gasteiger partial charge in [-0.3, -0.25) is 9.59 Å². The minimum atomic E-state index is -0.420. The van der Waals surface area contributed by atoms with Crippen molar-refractivity contribution in [1.82, 2.24) is 4.90 Å². The summed E-state index contributed by atoms with van der Waals surface area (Å²) < 4.78 is 21.2. The molecule has 0 bridgehead atoms. The Bertz CT molecular complexity index is 1120. The number of aryl methyl sites for hydroxylation is 1. The second-order valence-electron chi connectivity index (χ2n) is 7.20. The molecule has 0 saturated carbocycles. The standard InChI is InChI=1S/C22H20BrFN2O3/c1-13-17-12-16(23)4-6-20(17)29-21(13)22(28)26-9-7-25(8-10-26)19-5-3-15(14(2)27)11-18(19)24/h3-6,11-12H,7-10H2,1-2H3. The lowest BCUT2D eigenvalue weighted by Crippen LogP contribution is -2.49. The van der Waals surface area contributed by atoms with Crippen LogP contribution in [0.25, 0.3) is 11.0 Å². The second-order valence-corrected chi connectivity index (χ2v) is 8.11. The summed E-state index contributed by atoms with van der Waals surface area (Å²) in [4.78, 5) is 28.0. The van der Waals surface area contributed by atoms with Gasteiger partial charge in [-0.1, -0.05) is 15.9 Å². The first-order valence-corrected chi connectivity index (χ1v) is 10.2. The van der Waals surface area contributed by atoms with E-state index in [1.807, 2.05) is 30.0 Å². The third-order valence-electron chi connectivity index (χ3n) is 5.35. The van der Waals surface area contributed by atoms with Crippen molar-refractivity contribution in [2.45, 2.75) is 13.8 Å². The maximum absolute atomic E-state index is 14.4. The third kappa shape index (κ3) is 3.67. The first kappa shape index (κ1) is 19.6. The van der Waals surface area contributed by atoms with E-state index >= 15 is 0 Å². The van der Waals surface area contributed by atoms with E-state index in [0.717, 1.165) is 15.4 Å². The number of Topliss-reactive ketones (excluding diaryl/α,β-unsaturated/α-hetero) is 1. The van der Waals surface area contributed by atoms with Crippen molar-refractivity contribution < 1.29 is 18.4 Å². The van der Waals surface area contributed by atoms with E-state index in [1.165, 1.54) is 13.0 Å². The molecule has 1 amide bonds. The van der Waals surface area contributed by atoms with E-state index in [4.69, 9.17) is 4.42 Å². The fourth-order valence-corrected chi connectivity index (χ4v) is 4.03. The Kier molecular flexibility index (Phi) is 5.17. The van der Waals surface area contributed by atoms with E-state index in [-0.39, 0.29) is 11.7 Å². The van der Waals surface area contributed by atoms with Gasteiger partial charge in [-0.15, -0.1) is 0 Å². The Balaban J connectivity index is 1.49. The maximum atomic E-state index is 14.4. The van der Waals surface area contributed by atoms with E-state index in [0.29, 0.717) is 48.8 Å². The predicted molar refractivity (Wildman–Crippen MR) is 113 cm³/mol. The molecule has 3 aromatic rings. The molecule has 0 aliphatic carbocycles. The zero-order chi connectivity index (χ0) is 20.7. The summed E-state index contributed by atoms with van der Waals surface area (Å²) in [5, 5.41) is 0.911. The van der Waals surface area contributed by atoms with Crippen LogP contribution in [0, 0.1) is 12.7 Å². The molecule has 0 spiro atoms. The quantitative estimate of drug-likeness (QED) is 0.528. The highest BCUT2D eigenvalue weighted by Gasteiger charge is 2.27. The van der Waals surface area contributed by atoms with Crippen molar-refractivity contribution in [1.29, 1.82) is 0 Å². The molecule has 29 heavy (non-hydrogen) atoms. The number of piperazine rings is 1. The Morgan fingerprint density at radius 3 is 2.45 bits per heavy atom. The van der Waals surface area contributed by atoms with Crippen LogP contribution in [0.3, 0.4) is 0 Å². The number of nitrogens with zero attached hydrogens (tertiary/aromatic N) is 2. The molecule has 0 N–H and O–H groups in total. The van der Waals surface area contributed by atoms with Gasteiger partial charge in [-0.2, -0.15) is 0 Å². The monoisotopic (exact) mass is 458 g/mol. The van der Waals surface area contributed by atoms with E-state index < -0.39 is 5.82 Å². The molecule has 1 fully saturated rings. The first-order chi connectivity index (χ1) is 13.8. The SMILES string of the molecule is CC(=O)c1ccc(N2CCN(C(=O)c3oc4ccc(Br)cc4c3C)CC2)c(F)c1. The van der Waals surface area contributed by atoms with Gasteiger partial charge in [-0.25, -0.2) is 4.39 Å². The van der Waals surface area contributed by atoms with Gasteiger partial charge >= 0.3 is 0 Å². The number of amides is 1. The van der Waals surface area contributed by atoms with Crippen molar-refractivity contribution >= 4 is 44.3 Å². The molecular formula is C22H20BrFN2O3. The average Bonchev–Trinajstić information content (AvgIpc) is 3.03. The summed E-state index contributed by atoms with van der Waals surface area (Å²) in [5.41, 5.74) is 2.30. The molecular weight excluding hydrogens is 439 g/mol. The molecule has 0 radical (unpaired) electrons. The number of fused-ring (bicyclic) bond motifs is 1. The number of hydrogen-bond donors (Lipinski definition) is 0. The summed E-state index contributed by atoms with van der Waals surface area (Å²) in [6.45, 7) is 5.24. The highest BCUT2D eigenvalue weighted by atomic mass is 79.9. The van der Waals surface area contributed by atoms with Crippen molar-refractivity contribution in [2.75, 3.05) is 31.1 Å². The van der Waals surface area contributed by atoms with Crippen LogP contribution in [0.2, 0.25) is 0 Å². The number of carbonyl (C=O) groups is 2. The molecule has 2 aromatic carbocycles. The maximum Gasteiger partial charge on any atom is 0.290 e. The molecule has 0 atom stereocenters. The summed E-state index contributed by atoms with van der Waals surface area (Å²) >= 11 is 3.44. The Hall–Kier alpha value is -2.67. The molecule has 7 heteroatoms. The minimum Gasteiger partial charge on any atom is -0.451 e. The number of hydrogen-bond acceptors (Lipinski definition) is 4. The van der Waals surface area contributed by atoms with Crippen LogP contribution in [0.15, 0.2) is 45.3 Å². The average molecular weight is 459 g/mol. The van der Waals surface area contributed by atoms with Crippen molar-refractivity contribution in [2.24, 2.45) is 0 Å². The molecule has 150 valence electrons. The van der Waals surface area contributed by atoms with Gasteiger partial charge in [-0.05, 0) is 50.2 Å². The minimum absolute atomic E-state index is 0.151. The van der Waals surface area contributed by atoms with Gasteiger partial charge in [0, 0.05) is 47.2 Å². The van der Waals surface area contributed by atoms with E-state index in [2.05, 4.69) is 15.9 Å². The first-order valence-electron chi connectivity index (χ1n) is 9.38. The van der Waals surface area contributed by atoms with Crippen molar-refractivity contribution in [3.05, 3.63) is 63.6 Å². The molecule has 1 aromatic heterocycles. The Morgan fingerprint density at radius 1 is 1.07 bits per heavy atom. The number of anilines is 1. The zero-order valence-electron chi connectivity index (χ0n) is 16.2. The summed E-state index contributed by atoms with van der Waals surface area (Å²) in [6.07, 6.45) is 0. The molecule has 2 heterocycles. The van der Waals surface area contributed by atoms with Gasteiger partial charge in [0.15, 0.2) is 11.5 Å². The van der Waals surface area contributed by atoms with Crippen LogP contribution in [0.1, 0.15) is 33.4 Å². The van der Waals surface area contributed by atoms with Gasteiger partial charge in [0.2, 0.25) is 0 Å². The molecule has 1 saturated heterocycles. The van der Waals surface area contributed by atoms with Gasteiger partial charge in [0.25, 0.3) is 5.91 Å². The Labute approximate surface area is 176 Å². The molecule has 4 rings (SSSR count). The van der Waals surface area contributed by atoms with Crippen molar-refractivity contribution in [3.8, 4) is 0 Å². The summed E-state index contributed by atoms with van der Waals surface area (Å²) in [6, 6.07) is 10.2. The van der Waals surface area contributed by atoms with Gasteiger partial charge in [0.05, 0.1) is 5.69 Å². The fraction of sp³-hybridized carbons (Fsp3) is 0.273. The fourth-order valence-electron chi connectivity index (χ4n) is 3.67. The molecule has 5 nitrogen and oxygen atoms in total. The van der Waals surface area contributed by atoms with E-state index in [9.17, 15) is 14.0 Å². The second kappa shape index (κ2) is 7.63. The predicted octanol–water partition coefficient (Wildman–Crippen LogP) is 4.81. The van der Waals surface area contributed by atoms with Crippen LogP contribution >= 0.6 is 15.9 Å². The number of ketones is 1. The van der Waals surface area contributed by atoms with Crippen LogP contribution in [-0.4, -0.2) is 42.8 Å². The van der Waals surface area contributed by atoms with E-state index in [1.54, 1.807) is 17.0 Å². The molecule has 1 aliphatic rings. The number of benzene rings is 2. The van der Waals surface area contributed by atoms with Crippen LogP contribution < -0.4 is 4.90 Å².